The number of hydrogen-bond donors (Lipinski definition) is 1. The van der Waals surface area contributed by atoms with E-state index >= 15 is 0 Å². The maximum absolute atomic E-state index is 13.0. The van der Waals surface area contributed by atoms with Crippen LogP contribution in [0.4, 0.5) is 5.13 Å². The summed E-state index contributed by atoms with van der Waals surface area (Å²) in [6.45, 7) is 8.51. The highest BCUT2D eigenvalue weighted by Crippen LogP contribution is 2.41. The molecule has 0 radical (unpaired) electrons. The number of nitrogens with one attached hydrogen (secondary N) is 1. The predicted octanol–water partition coefficient (Wildman–Crippen LogP) is 6.58. The highest BCUT2D eigenvalue weighted by atomic mass is 32.1. The average Bonchev–Trinajstić information content (AvgIpc) is 3.38. The molecule has 41 heavy (non-hydrogen) atoms. The Balaban J connectivity index is 1.69. The summed E-state index contributed by atoms with van der Waals surface area (Å²) in [6, 6.07) is 30.2. The maximum Gasteiger partial charge on any atom is 0.374 e. The van der Waals surface area contributed by atoms with Gasteiger partial charge >= 0.3 is 11.9 Å². The summed E-state index contributed by atoms with van der Waals surface area (Å²) in [4.78, 5) is 35.4. The number of benzene rings is 3. The summed E-state index contributed by atoms with van der Waals surface area (Å²) in [6.07, 6.45) is -0.364. The van der Waals surface area contributed by atoms with Crippen molar-refractivity contribution in [3.05, 3.63) is 113 Å². The van der Waals surface area contributed by atoms with Gasteiger partial charge in [0.1, 0.15) is 17.2 Å². The second-order valence-electron chi connectivity index (χ2n) is 10.4. The van der Waals surface area contributed by atoms with Gasteiger partial charge < -0.3 is 19.6 Å². The van der Waals surface area contributed by atoms with Gasteiger partial charge in [-0.2, -0.15) is 4.98 Å². The van der Waals surface area contributed by atoms with Gasteiger partial charge in [-0.1, -0.05) is 96.2 Å². The van der Waals surface area contributed by atoms with Gasteiger partial charge in [-0.15, -0.1) is 11.3 Å². The molecule has 8 nitrogen and oxygen atoms in total. The normalized spacial score (nSPS) is 12.1. The number of oxime groups is 1. The molecule has 0 saturated heterocycles. The third-order valence-corrected chi connectivity index (χ3v) is 6.47. The van der Waals surface area contributed by atoms with Gasteiger partial charge in [-0.3, -0.25) is 0 Å². The minimum absolute atomic E-state index is 0.00592. The monoisotopic (exact) mass is 571 g/mol. The molecule has 0 unspecified atom stereocenters. The SMILES string of the molecule is CC(C)O/N=C(\C(=O)Oc1csc(NC(c2ccccc2)(c2ccccc2)c2ccccc2)n1)C(=O)OC(C)(C)C. The van der Waals surface area contributed by atoms with E-state index in [1.165, 1.54) is 11.3 Å². The number of nitrogens with zero attached hydrogens (tertiary/aromatic N) is 2. The largest absolute Gasteiger partial charge is 0.455 e. The molecule has 4 rings (SSSR count). The van der Waals surface area contributed by atoms with Crippen molar-refractivity contribution in [3.63, 3.8) is 0 Å². The minimum atomic E-state index is -1.03. The summed E-state index contributed by atoms with van der Waals surface area (Å²) in [7, 11) is 0. The van der Waals surface area contributed by atoms with E-state index < -0.39 is 28.8 Å². The zero-order valence-electron chi connectivity index (χ0n) is 23.7. The first kappa shape index (κ1) is 29.5. The number of hydrogen-bond acceptors (Lipinski definition) is 9. The Labute approximate surface area is 244 Å². The lowest BCUT2D eigenvalue weighted by Crippen LogP contribution is -2.38. The molecule has 0 aliphatic heterocycles. The van der Waals surface area contributed by atoms with Crippen LogP contribution in [0.3, 0.4) is 0 Å². The summed E-state index contributed by atoms with van der Waals surface area (Å²) in [5, 5.41) is 9.43. The number of carbonyl (C=O) groups excluding carboxylic acids is 2. The van der Waals surface area contributed by atoms with E-state index in [1.54, 1.807) is 40.0 Å². The second kappa shape index (κ2) is 12.8. The van der Waals surface area contributed by atoms with Crippen LogP contribution in [0.2, 0.25) is 0 Å². The average molecular weight is 572 g/mol. The Hall–Kier alpha value is -4.50. The highest BCUT2D eigenvalue weighted by Gasteiger charge is 2.37. The van der Waals surface area contributed by atoms with Crippen LogP contribution in [0.5, 0.6) is 5.88 Å². The third kappa shape index (κ3) is 7.37. The molecule has 1 aromatic heterocycles. The first-order valence-electron chi connectivity index (χ1n) is 13.2. The molecule has 0 bridgehead atoms. The molecule has 4 aromatic rings. The number of anilines is 1. The lowest BCUT2D eigenvalue weighted by Gasteiger charge is -2.36. The Morgan fingerprint density at radius 1 is 0.805 bits per heavy atom. The lowest BCUT2D eigenvalue weighted by atomic mass is 9.77. The van der Waals surface area contributed by atoms with Crippen molar-refractivity contribution in [1.29, 1.82) is 0 Å². The zero-order chi connectivity index (χ0) is 29.5. The number of aromatic nitrogens is 1. The smallest absolute Gasteiger partial charge is 0.374 e. The van der Waals surface area contributed by atoms with Crippen LogP contribution in [-0.2, 0) is 24.7 Å². The van der Waals surface area contributed by atoms with E-state index in [0.29, 0.717) is 5.13 Å². The summed E-state index contributed by atoms with van der Waals surface area (Å²) in [5.41, 5.74) is 0.729. The van der Waals surface area contributed by atoms with Crippen LogP contribution in [0.15, 0.2) is 102 Å². The number of rotatable bonds is 10. The highest BCUT2D eigenvalue weighted by molar-refractivity contribution is 7.13. The van der Waals surface area contributed by atoms with Crippen molar-refractivity contribution in [2.45, 2.75) is 51.9 Å². The molecule has 212 valence electrons. The van der Waals surface area contributed by atoms with Crippen LogP contribution in [0, 0.1) is 0 Å². The Morgan fingerprint density at radius 3 is 1.73 bits per heavy atom. The summed E-state index contributed by atoms with van der Waals surface area (Å²) >= 11 is 1.26. The quantitative estimate of drug-likeness (QED) is 0.0755. The molecule has 1 heterocycles. The number of thiazole rings is 1. The second-order valence-corrected chi connectivity index (χ2v) is 11.3. The molecule has 0 saturated carbocycles. The molecule has 9 heteroatoms. The van der Waals surface area contributed by atoms with E-state index in [0.717, 1.165) is 16.7 Å². The van der Waals surface area contributed by atoms with Gasteiger partial charge in [0.15, 0.2) is 5.13 Å². The van der Waals surface area contributed by atoms with Crippen molar-refractivity contribution in [2.24, 2.45) is 5.16 Å². The molecule has 0 amide bonds. The molecule has 0 fully saturated rings. The van der Waals surface area contributed by atoms with Gasteiger partial charge in [0, 0.05) is 0 Å². The molecule has 0 spiro atoms. The predicted molar refractivity (Wildman–Crippen MR) is 160 cm³/mol. The lowest BCUT2D eigenvalue weighted by molar-refractivity contribution is -0.147. The first-order chi connectivity index (χ1) is 19.6. The molecule has 3 aromatic carbocycles. The van der Waals surface area contributed by atoms with E-state index in [-0.39, 0.29) is 12.0 Å². The number of esters is 2. The Bertz CT molecular complexity index is 1380. The number of carbonyl (C=O) groups is 2. The van der Waals surface area contributed by atoms with Crippen LogP contribution in [-0.4, -0.2) is 34.3 Å². The van der Waals surface area contributed by atoms with E-state index in [9.17, 15) is 9.59 Å². The molecule has 0 atom stereocenters. The van der Waals surface area contributed by atoms with Crippen molar-refractivity contribution in [1.82, 2.24) is 4.98 Å². The molecule has 1 N–H and O–H groups in total. The van der Waals surface area contributed by atoms with Gasteiger partial charge in [0.25, 0.3) is 5.71 Å². The standard InChI is InChI=1S/C32H33N3O5S/c1-22(2)40-35-27(29(37)39-31(3,4)5)28(36)38-26-21-41-30(33-26)34-32(23-15-9-6-10-16-23,24-17-11-7-12-18-24)25-19-13-8-14-20-25/h6-22H,1-5H3,(H,33,34)/b35-27+. The van der Waals surface area contributed by atoms with Gasteiger partial charge in [-0.05, 0) is 51.3 Å². The third-order valence-electron chi connectivity index (χ3n) is 5.74. The topological polar surface area (TPSA) is 99.1 Å². The van der Waals surface area contributed by atoms with E-state index in [4.69, 9.17) is 14.3 Å². The first-order valence-corrected chi connectivity index (χ1v) is 14.1. The zero-order valence-corrected chi connectivity index (χ0v) is 24.5. The summed E-state index contributed by atoms with van der Waals surface area (Å²) in [5.74, 6) is -1.98. The van der Waals surface area contributed by atoms with E-state index in [1.807, 2.05) is 54.6 Å². The number of ether oxygens (including phenoxy) is 2. The van der Waals surface area contributed by atoms with Crippen LogP contribution in [0.1, 0.15) is 51.3 Å². The summed E-state index contributed by atoms with van der Waals surface area (Å²) < 4.78 is 10.8. The minimum Gasteiger partial charge on any atom is -0.455 e. The molecular weight excluding hydrogens is 538 g/mol. The fourth-order valence-corrected chi connectivity index (χ4v) is 4.76. The van der Waals surface area contributed by atoms with Crippen molar-refractivity contribution in [2.75, 3.05) is 5.32 Å². The van der Waals surface area contributed by atoms with Crippen LogP contribution < -0.4 is 10.1 Å². The van der Waals surface area contributed by atoms with Crippen molar-refractivity contribution in [3.8, 4) is 5.88 Å². The Morgan fingerprint density at radius 2 is 1.29 bits per heavy atom. The Kier molecular flexibility index (Phi) is 9.19. The molecule has 0 aliphatic carbocycles. The van der Waals surface area contributed by atoms with Crippen LogP contribution in [0.25, 0.3) is 0 Å². The van der Waals surface area contributed by atoms with Crippen molar-refractivity contribution < 1.29 is 23.9 Å². The van der Waals surface area contributed by atoms with Gasteiger partial charge in [0.2, 0.25) is 5.88 Å². The van der Waals surface area contributed by atoms with Crippen molar-refractivity contribution >= 4 is 34.1 Å². The van der Waals surface area contributed by atoms with Gasteiger partial charge in [-0.25, -0.2) is 9.59 Å². The molecule has 0 aliphatic rings. The van der Waals surface area contributed by atoms with Gasteiger partial charge in [0.05, 0.1) is 5.38 Å². The maximum atomic E-state index is 13.0. The van der Waals surface area contributed by atoms with E-state index in [2.05, 4.69) is 51.9 Å². The fraction of sp³-hybridized carbons (Fsp3) is 0.250. The van der Waals surface area contributed by atoms with Crippen LogP contribution >= 0.6 is 11.3 Å². The molecular formula is C32H33N3O5S. The fourth-order valence-electron chi connectivity index (χ4n) is 4.09.